The Morgan fingerprint density at radius 3 is 2.67 bits per heavy atom. The fourth-order valence-electron chi connectivity index (χ4n) is 2.99. The number of rotatable bonds is 3. The van der Waals surface area contributed by atoms with Crippen molar-refractivity contribution in [2.24, 2.45) is 11.8 Å². The number of halogens is 1. The van der Waals surface area contributed by atoms with Crippen LogP contribution in [0, 0.1) is 17.7 Å². The van der Waals surface area contributed by atoms with Crippen LogP contribution in [0.4, 0.5) is 10.1 Å². The minimum atomic E-state index is -0.929. The van der Waals surface area contributed by atoms with Crippen molar-refractivity contribution in [2.45, 2.75) is 26.3 Å². The van der Waals surface area contributed by atoms with Crippen molar-refractivity contribution >= 4 is 17.6 Å². The molecule has 1 heterocycles. The van der Waals surface area contributed by atoms with Gasteiger partial charge in [0.25, 0.3) is 0 Å². The second-order valence-corrected chi connectivity index (χ2v) is 5.37. The first kappa shape index (κ1) is 15.3. The van der Waals surface area contributed by atoms with Crippen molar-refractivity contribution in [1.82, 2.24) is 0 Å². The number of ether oxygens (including phenoxy) is 1. The van der Waals surface area contributed by atoms with Gasteiger partial charge in [-0.05, 0) is 25.0 Å². The molecule has 1 N–H and O–H groups in total. The number of anilines is 1. The number of methoxy groups -OCH3 is 1. The first-order valence-electron chi connectivity index (χ1n) is 6.75. The van der Waals surface area contributed by atoms with Crippen molar-refractivity contribution in [3.05, 3.63) is 24.0 Å². The maximum atomic E-state index is 13.5. The van der Waals surface area contributed by atoms with Crippen LogP contribution in [-0.4, -0.2) is 30.1 Å². The maximum absolute atomic E-state index is 13.5. The number of aliphatic carboxylic acids is 1. The molecule has 0 radical (unpaired) electrons. The van der Waals surface area contributed by atoms with Crippen LogP contribution in [0.15, 0.2) is 18.2 Å². The molecule has 0 saturated carbocycles. The molecule has 1 saturated heterocycles. The van der Waals surface area contributed by atoms with Gasteiger partial charge in [-0.3, -0.25) is 9.59 Å². The van der Waals surface area contributed by atoms with Gasteiger partial charge in [-0.2, -0.15) is 0 Å². The zero-order valence-electron chi connectivity index (χ0n) is 12.2. The first-order chi connectivity index (χ1) is 9.86. The number of carbonyl (C=O) groups is 2. The van der Waals surface area contributed by atoms with E-state index in [4.69, 9.17) is 4.74 Å². The van der Waals surface area contributed by atoms with E-state index in [-0.39, 0.29) is 24.0 Å². The quantitative estimate of drug-likeness (QED) is 0.929. The van der Waals surface area contributed by atoms with Crippen LogP contribution in [0.3, 0.4) is 0 Å². The molecule has 0 aliphatic carbocycles. The zero-order valence-corrected chi connectivity index (χ0v) is 12.2. The molecule has 0 spiro atoms. The predicted molar refractivity (Wildman–Crippen MR) is 74.8 cm³/mol. The minimum Gasteiger partial charge on any atom is -0.494 e. The summed E-state index contributed by atoms with van der Waals surface area (Å²) in [5.74, 6) is -2.48. The summed E-state index contributed by atoms with van der Waals surface area (Å²) >= 11 is 0. The molecule has 2 rings (SSSR count). The summed E-state index contributed by atoms with van der Waals surface area (Å²) in [6.45, 7) is 3.46. The van der Waals surface area contributed by atoms with Crippen LogP contribution in [0.5, 0.6) is 5.75 Å². The molecule has 0 bridgehead atoms. The number of nitrogens with zero attached hydrogens (tertiary/aromatic N) is 1. The summed E-state index contributed by atoms with van der Waals surface area (Å²) in [6, 6.07) is 3.58. The van der Waals surface area contributed by atoms with Crippen molar-refractivity contribution in [3.63, 3.8) is 0 Å². The molecular formula is C15H18FNO4. The van der Waals surface area contributed by atoms with Crippen LogP contribution >= 0.6 is 0 Å². The monoisotopic (exact) mass is 295 g/mol. The number of amides is 1. The number of carbonyl (C=O) groups excluding carboxylic acids is 1. The Kier molecular flexibility index (Phi) is 4.16. The molecule has 6 heteroatoms. The highest BCUT2D eigenvalue weighted by Gasteiger charge is 2.42. The molecule has 0 aromatic heterocycles. The standard InChI is InChI=1S/C15H18FNO4/c1-8-6-13(18)17(9(2)14(8)15(19)20)10-4-5-11(16)12(7-10)21-3/h4-5,7-9,14H,6H2,1-3H3,(H,19,20). The molecule has 3 atom stereocenters. The Bertz CT molecular complexity index is 575. The van der Waals surface area contributed by atoms with Gasteiger partial charge in [-0.15, -0.1) is 0 Å². The summed E-state index contributed by atoms with van der Waals surface area (Å²) in [5.41, 5.74) is 0.448. The third kappa shape index (κ3) is 2.70. The molecule has 3 unspecified atom stereocenters. The second-order valence-electron chi connectivity index (χ2n) is 5.37. The smallest absolute Gasteiger partial charge is 0.308 e. The average molecular weight is 295 g/mol. The zero-order chi connectivity index (χ0) is 15.7. The molecular weight excluding hydrogens is 277 g/mol. The third-order valence-electron chi connectivity index (χ3n) is 4.00. The molecule has 1 aromatic rings. The van der Waals surface area contributed by atoms with Crippen molar-refractivity contribution in [2.75, 3.05) is 12.0 Å². The van der Waals surface area contributed by atoms with Crippen molar-refractivity contribution in [1.29, 1.82) is 0 Å². The highest BCUT2D eigenvalue weighted by Crippen LogP contribution is 2.35. The Hall–Kier alpha value is -2.11. The van der Waals surface area contributed by atoms with E-state index in [2.05, 4.69) is 0 Å². The van der Waals surface area contributed by atoms with E-state index < -0.39 is 23.7 Å². The van der Waals surface area contributed by atoms with Crippen molar-refractivity contribution < 1.29 is 23.8 Å². The van der Waals surface area contributed by atoms with Crippen LogP contribution in [0.25, 0.3) is 0 Å². The minimum absolute atomic E-state index is 0.0259. The fourth-order valence-corrected chi connectivity index (χ4v) is 2.99. The largest absolute Gasteiger partial charge is 0.494 e. The molecule has 21 heavy (non-hydrogen) atoms. The van der Waals surface area contributed by atoms with E-state index in [1.807, 2.05) is 0 Å². The summed E-state index contributed by atoms with van der Waals surface area (Å²) in [4.78, 5) is 25.1. The lowest BCUT2D eigenvalue weighted by atomic mass is 9.80. The van der Waals surface area contributed by atoms with E-state index in [0.717, 1.165) is 0 Å². The first-order valence-corrected chi connectivity index (χ1v) is 6.75. The van der Waals surface area contributed by atoms with Crippen LogP contribution in [0.1, 0.15) is 20.3 Å². The molecule has 1 aliphatic rings. The summed E-state index contributed by atoms with van der Waals surface area (Å²) < 4.78 is 18.4. The Balaban J connectivity index is 2.41. The fraction of sp³-hybridized carbons (Fsp3) is 0.467. The van der Waals surface area contributed by atoms with E-state index in [1.54, 1.807) is 13.8 Å². The van der Waals surface area contributed by atoms with Gasteiger partial charge in [0.05, 0.1) is 13.0 Å². The molecule has 1 aliphatic heterocycles. The van der Waals surface area contributed by atoms with Gasteiger partial charge in [0.1, 0.15) is 0 Å². The molecule has 5 nitrogen and oxygen atoms in total. The lowest BCUT2D eigenvalue weighted by molar-refractivity contribution is -0.146. The molecule has 1 amide bonds. The Morgan fingerprint density at radius 2 is 2.10 bits per heavy atom. The van der Waals surface area contributed by atoms with Crippen LogP contribution in [-0.2, 0) is 9.59 Å². The summed E-state index contributed by atoms with van der Waals surface area (Å²) in [5, 5.41) is 9.35. The highest BCUT2D eigenvalue weighted by atomic mass is 19.1. The number of carboxylic acids is 1. The number of carboxylic acid groups (broad SMARTS) is 1. The van der Waals surface area contributed by atoms with Crippen LogP contribution in [0.2, 0.25) is 0 Å². The molecule has 1 aromatic carbocycles. The van der Waals surface area contributed by atoms with E-state index in [0.29, 0.717) is 5.69 Å². The van der Waals surface area contributed by atoms with E-state index in [9.17, 15) is 19.1 Å². The van der Waals surface area contributed by atoms with Gasteiger partial charge in [0.2, 0.25) is 5.91 Å². The number of hydrogen-bond donors (Lipinski definition) is 1. The SMILES string of the molecule is COc1cc(N2C(=O)CC(C)C(C(=O)O)C2C)ccc1F. The Morgan fingerprint density at radius 1 is 1.43 bits per heavy atom. The van der Waals surface area contributed by atoms with Gasteiger partial charge < -0.3 is 14.7 Å². The van der Waals surface area contributed by atoms with Gasteiger partial charge >= 0.3 is 5.97 Å². The maximum Gasteiger partial charge on any atom is 0.308 e. The molecule has 1 fully saturated rings. The second kappa shape index (κ2) is 5.71. The number of hydrogen-bond acceptors (Lipinski definition) is 3. The molecule has 114 valence electrons. The average Bonchev–Trinajstić information content (AvgIpc) is 2.39. The van der Waals surface area contributed by atoms with Gasteiger partial charge in [0.15, 0.2) is 11.6 Å². The number of benzene rings is 1. The Labute approximate surface area is 122 Å². The van der Waals surface area contributed by atoms with E-state index >= 15 is 0 Å². The van der Waals surface area contributed by atoms with Crippen LogP contribution < -0.4 is 9.64 Å². The summed E-state index contributed by atoms with van der Waals surface area (Å²) in [7, 11) is 1.34. The highest BCUT2D eigenvalue weighted by molar-refractivity contribution is 5.96. The lowest BCUT2D eigenvalue weighted by Crippen LogP contribution is -2.53. The lowest BCUT2D eigenvalue weighted by Gasteiger charge is -2.40. The summed E-state index contributed by atoms with van der Waals surface area (Å²) in [6.07, 6.45) is 0.154. The third-order valence-corrected chi connectivity index (χ3v) is 4.00. The van der Waals surface area contributed by atoms with Gasteiger partial charge in [0, 0.05) is 24.2 Å². The topological polar surface area (TPSA) is 66.8 Å². The van der Waals surface area contributed by atoms with Gasteiger partial charge in [-0.25, -0.2) is 4.39 Å². The normalized spacial score (nSPS) is 25.8. The predicted octanol–water partition coefficient (Wildman–Crippen LogP) is 2.30. The van der Waals surface area contributed by atoms with Gasteiger partial charge in [-0.1, -0.05) is 6.92 Å². The number of piperidine rings is 1. The van der Waals surface area contributed by atoms with E-state index in [1.165, 1.54) is 30.2 Å². The van der Waals surface area contributed by atoms with Crippen molar-refractivity contribution in [3.8, 4) is 5.75 Å².